The summed E-state index contributed by atoms with van der Waals surface area (Å²) in [6.07, 6.45) is 11.3. The van der Waals surface area contributed by atoms with Crippen molar-refractivity contribution in [2.75, 3.05) is 0 Å². The second-order valence-corrected chi connectivity index (χ2v) is 16.6. The Morgan fingerprint density at radius 3 is 1.86 bits per heavy atom. The fourth-order valence-corrected chi connectivity index (χ4v) is 10.1. The third kappa shape index (κ3) is 5.88. The Labute approximate surface area is 342 Å². The molecule has 0 N–H and O–H groups in total. The van der Waals surface area contributed by atoms with Crippen LogP contribution in [0.2, 0.25) is 0 Å². The average Bonchev–Trinajstić information content (AvgIpc) is 3.60. The lowest BCUT2D eigenvalue weighted by Gasteiger charge is -2.18. The number of fused-ring (bicyclic) bond motifs is 7. The maximum atomic E-state index is 2.44. The first kappa shape index (κ1) is 34.4. The van der Waals surface area contributed by atoms with E-state index < -0.39 is 0 Å². The highest BCUT2D eigenvalue weighted by molar-refractivity contribution is 8.03. The van der Waals surface area contributed by atoms with E-state index >= 15 is 0 Å². The minimum atomic E-state index is 0.160. The number of hydrogen-bond acceptors (Lipinski definition) is 1. The van der Waals surface area contributed by atoms with Gasteiger partial charge >= 0.3 is 0 Å². The molecule has 274 valence electrons. The van der Waals surface area contributed by atoms with Crippen LogP contribution in [0.1, 0.15) is 24.0 Å². The standard InChI is InChI=1S/C56H39NS/c1-37-33-40(19-6-5-15-38-16-7-14-26-54(38)58-37)43-30-32-53-51(36-43)46-20-12-13-25-52(46)57(53)45-31-29-41-34-44(28-27-42(41)35-45)56-49-23-10-8-21-47(49)55(39-17-3-2-4-18-39)48-22-9-11-24-50(48)56/h2-36,40H,1H3/b15-5+,19-6-,37-33?. The Hall–Kier alpha value is -6.87. The largest absolute Gasteiger partial charge is 0.309 e. The number of rotatable bonds is 4. The highest BCUT2D eigenvalue weighted by Gasteiger charge is 2.18. The van der Waals surface area contributed by atoms with Crippen LogP contribution in [0, 0.1) is 0 Å². The Balaban J connectivity index is 1.01. The van der Waals surface area contributed by atoms with Crippen molar-refractivity contribution in [3.8, 4) is 27.9 Å². The van der Waals surface area contributed by atoms with Crippen molar-refractivity contribution in [3.05, 3.63) is 222 Å². The second kappa shape index (κ2) is 14.3. The molecular formula is C56H39NS. The van der Waals surface area contributed by atoms with Gasteiger partial charge in [0.2, 0.25) is 0 Å². The molecule has 1 unspecified atom stereocenters. The van der Waals surface area contributed by atoms with E-state index in [1.807, 2.05) is 11.8 Å². The molecule has 58 heavy (non-hydrogen) atoms. The first-order valence-electron chi connectivity index (χ1n) is 20.0. The zero-order valence-electron chi connectivity index (χ0n) is 32.1. The summed E-state index contributed by atoms with van der Waals surface area (Å²) in [5, 5.41) is 10.1. The predicted molar refractivity (Wildman–Crippen MR) is 251 cm³/mol. The van der Waals surface area contributed by atoms with Gasteiger partial charge in [-0.1, -0.05) is 182 Å². The maximum absolute atomic E-state index is 2.44. The molecule has 0 spiro atoms. The number of aromatic nitrogens is 1. The maximum Gasteiger partial charge on any atom is 0.0541 e. The van der Waals surface area contributed by atoms with Gasteiger partial charge in [0.05, 0.1) is 11.0 Å². The highest BCUT2D eigenvalue weighted by Crippen LogP contribution is 2.44. The molecule has 2 heteroatoms. The summed E-state index contributed by atoms with van der Waals surface area (Å²) < 4.78 is 2.44. The summed E-state index contributed by atoms with van der Waals surface area (Å²) in [6, 6.07) is 67.0. The molecule has 1 aliphatic heterocycles. The van der Waals surface area contributed by atoms with E-state index in [-0.39, 0.29) is 5.92 Å². The molecule has 0 radical (unpaired) electrons. The van der Waals surface area contributed by atoms with E-state index in [0.717, 1.165) is 5.69 Å². The van der Waals surface area contributed by atoms with Gasteiger partial charge in [-0.25, -0.2) is 0 Å². The fourth-order valence-electron chi connectivity index (χ4n) is 9.14. The van der Waals surface area contributed by atoms with E-state index in [2.05, 4.69) is 224 Å². The van der Waals surface area contributed by atoms with Crippen LogP contribution < -0.4 is 0 Å². The number of nitrogens with zero attached hydrogens (tertiary/aromatic N) is 1. The van der Waals surface area contributed by atoms with Crippen LogP contribution in [0.15, 0.2) is 216 Å². The van der Waals surface area contributed by atoms with Gasteiger partial charge in [0.1, 0.15) is 0 Å². The Morgan fingerprint density at radius 1 is 0.466 bits per heavy atom. The van der Waals surface area contributed by atoms with Crippen molar-refractivity contribution in [3.63, 3.8) is 0 Å². The van der Waals surface area contributed by atoms with Gasteiger partial charge in [-0.3, -0.25) is 0 Å². The van der Waals surface area contributed by atoms with Gasteiger partial charge in [-0.15, -0.1) is 0 Å². The molecular weight excluding hydrogens is 719 g/mol. The van der Waals surface area contributed by atoms with Crippen LogP contribution >= 0.6 is 11.8 Å². The Kier molecular flexibility index (Phi) is 8.45. The van der Waals surface area contributed by atoms with Crippen molar-refractivity contribution >= 4 is 72.0 Å². The van der Waals surface area contributed by atoms with Gasteiger partial charge < -0.3 is 4.57 Å². The van der Waals surface area contributed by atoms with E-state index in [0.29, 0.717) is 0 Å². The first-order valence-corrected chi connectivity index (χ1v) is 20.9. The molecule has 0 aliphatic carbocycles. The first-order chi connectivity index (χ1) is 28.7. The number of allylic oxidation sites excluding steroid dienone is 5. The molecule has 1 atom stereocenters. The molecule has 0 saturated carbocycles. The van der Waals surface area contributed by atoms with Gasteiger partial charge in [-0.2, -0.15) is 0 Å². The molecule has 0 fully saturated rings. The summed E-state index contributed by atoms with van der Waals surface area (Å²) in [7, 11) is 0. The van der Waals surface area contributed by atoms with Crippen LogP contribution in [0.25, 0.3) is 88.1 Å². The van der Waals surface area contributed by atoms with Gasteiger partial charge in [0, 0.05) is 27.3 Å². The fraction of sp³-hybridized carbons (Fsp3) is 0.0357. The minimum Gasteiger partial charge on any atom is -0.309 e. The van der Waals surface area contributed by atoms with Crippen LogP contribution in [0.3, 0.4) is 0 Å². The van der Waals surface area contributed by atoms with Gasteiger partial charge in [0.25, 0.3) is 0 Å². The van der Waals surface area contributed by atoms with E-state index in [1.54, 1.807) is 0 Å². The van der Waals surface area contributed by atoms with E-state index in [9.17, 15) is 0 Å². The van der Waals surface area contributed by atoms with Crippen molar-refractivity contribution in [1.82, 2.24) is 4.57 Å². The zero-order chi connectivity index (χ0) is 38.6. The average molecular weight is 758 g/mol. The van der Waals surface area contributed by atoms with E-state index in [4.69, 9.17) is 0 Å². The normalized spacial score (nSPS) is 15.5. The molecule has 11 rings (SSSR count). The number of para-hydroxylation sites is 1. The smallest absolute Gasteiger partial charge is 0.0541 e. The highest BCUT2D eigenvalue weighted by atomic mass is 32.2. The van der Waals surface area contributed by atoms with Crippen LogP contribution in [0.5, 0.6) is 0 Å². The molecule has 1 aliphatic rings. The minimum absolute atomic E-state index is 0.160. The lowest BCUT2D eigenvalue weighted by molar-refractivity contribution is 1.08. The summed E-state index contributed by atoms with van der Waals surface area (Å²) in [5.74, 6) is 0.160. The van der Waals surface area contributed by atoms with Crippen molar-refractivity contribution in [2.45, 2.75) is 17.7 Å². The lowest BCUT2D eigenvalue weighted by atomic mass is 9.85. The van der Waals surface area contributed by atoms with Crippen LogP contribution in [-0.4, -0.2) is 4.57 Å². The molecule has 0 bridgehead atoms. The van der Waals surface area contributed by atoms with Gasteiger partial charge in [0.15, 0.2) is 0 Å². The van der Waals surface area contributed by atoms with Crippen molar-refractivity contribution < 1.29 is 0 Å². The third-order valence-electron chi connectivity index (χ3n) is 11.8. The van der Waals surface area contributed by atoms with Crippen LogP contribution in [0.4, 0.5) is 0 Å². The van der Waals surface area contributed by atoms with Crippen molar-refractivity contribution in [2.24, 2.45) is 0 Å². The number of hydrogen-bond donors (Lipinski definition) is 0. The summed E-state index contributed by atoms with van der Waals surface area (Å²) in [6.45, 7) is 2.23. The molecule has 10 aromatic rings. The molecule has 9 aromatic carbocycles. The second-order valence-electron chi connectivity index (χ2n) is 15.3. The molecule has 2 heterocycles. The summed E-state index contributed by atoms with van der Waals surface area (Å²) >= 11 is 1.85. The summed E-state index contributed by atoms with van der Waals surface area (Å²) in [5.41, 5.74) is 11.2. The SMILES string of the molecule is CC1=CC(c2ccc3c(c2)c2ccccc2n3-c2ccc3cc(-c4c5ccccc5c(-c5ccccc5)c5ccccc45)ccc3c2)/C=C\C=C\c2ccccc2S1. The molecule has 0 saturated heterocycles. The number of thioether (sulfide) groups is 1. The zero-order valence-corrected chi connectivity index (χ0v) is 33.0. The monoisotopic (exact) mass is 757 g/mol. The van der Waals surface area contributed by atoms with Crippen LogP contribution in [-0.2, 0) is 0 Å². The third-order valence-corrected chi connectivity index (χ3v) is 12.8. The summed E-state index contributed by atoms with van der Waals surface area (Å²) in [4.78, 5) is 2.58. The van der Waals surface area contributed by atoms with E-state index in [1.165, 1.54) is 97.3 Å². The lowest BCUT2D eigenvalue weighted by Crippen LogP contribution is -1.96. The quantitative estimate of drug-likeness (QED) is 0.162. The number of benzene rings is 9. The Bertz CT molecular complexity index is 3270. The van der Waals surface area contributed by atoms with Gasteiger partial charge in [-0.05, 0) is 120 Å². The van der Waals surface area contributed by atoms with Crippen molar-refractivity contribution in [1.29, 1.82) is 0 Å². The predicted octanol–water partition coefficient (Wildman–Crippen LogP) is 15.9. The molecule has 1 nitrogen and oxygen atoms in total. The Morgan fingerprint density at radius 2 is 1.09 bits per heavy atom. The molecule has 0 amide bonds. The topological polar surface area (TPSA) is 4.93 Å². The molecule has 1 aromatic heterocycles.